The van der Waals surface area contributed by atoms with Crippen molar-refractivity contribution in [3.63, 3.8) is 0 Å². The number of rotatable bonds is 6. The molecule has 1 unspecified atom stereocenters. The standard InChI is InChI=1S/C15H18BrNO3/c1-3-17(10-11(2)15(19)20)14(18)9-6-12-4-7-13(16)8-5-12/h4-9,11H,3,10H2,1-2H3,(H,19,20). The van der Waals surface area contributed by atoms with E-state index in [2.05, 4.69) is 15.9 Å². The largest absolute Gasteiger partial charge is 0.481 e. The van der Waals surface area contributed by atoms with Gasteiger partial charge in [-0.25, -0.2) is 0 Å². The van der Waals surface area contributed by atoms with Gasteiger partial charge in [-0.1, -0.05) is 35.0 Å². The minimum absolute atomic E-state index is 0.177. The van der Waals surface area contributed by atoms with Crippen molar-refractivity contribution in [2.45, 2.75) is 13.8 Å². The summed E-state index contributed by atoms with van der Waals surface area (Å²) >= 11 is 3.35. The van der Waals surface area contributed by atoms with Crippen molar-refractivity contribution in [1.29, 1.82) is 0 Å². The van der Waals surface area contributed by atoms with Gasteiger partial charge in [0.15, 0.2) is 0 Å². The van der Waals surface area contributed by atoms with Crippen LogP contribution in [0.3, 0.4) is 0 Å². The zero-order valence-electron chi connectivity index (χ0n) is 11.5. The van der Waals surface area contributed by atoms with Gasteiger partial charge in [-0.05, 0) is 30.7 Å². The minimum Gasteiger partial charge on any atom is -0.481 e. The third-order valence-electron chi connectivity index (χ3n) is 2.90. The summed E-state index contributed by atoms with van der Waals surface area (Å²) in [5, 5.41) is 8.88. The molecular formula is C15H18BrNO3. The van der Waals surface area contributed by atoms with Gasteiger partial charge in [0.2, 0.25) is 5.91 Å². The lowest BCUT2D eigenvalue weighted by atomic mass is 10.1. The molecule has 5 heteroatoms. The predicted octanol–water partition coefficient (Wildman–Crippen LogP) is 3.03. The van der Waals surface area contributed by atoms with Gasteiger partial charge in [0.05, 0.1) is 5.92 Å². The first-order valence-electron chi connectivity index (χ1n) is 6.39. The third kappa shape index (κ3) is 5.17. The lowest BCUT2D eigenvalue weighted by molar-refractivity contribution is -0.142. The Bertz CT molecular complexity index is 496. The highest BCUT2D eigenvalue weighted by molar-refractivity contribution is 9.10. The molecule has 0 aliphatic carbocycles. The Morgan fingerprint density at radius 1 is 1.35 bits per heavy atom. The van der Waals surface area contributed by atoms with Crippen LogP contribution in [0.25, 0.3) is 6.08 Å². The molecule has 1 atom stereocenters. The van der Waals surface area contributed by atoms with E-state index >= 15 is 0 Å². The molecule has 0 aliphatic heterocycles. The van der Waals surface area contributed by atoms with Crippen LogP contribution >= 0.6 is 15.9 Å². The molecule has 108 valence electrons. The molecule has 4 nitrogen and oxygen atoms in total. The van der Waals surface area contributed by atoms with Gasteiger partial charge in [-0.3, -0.25) is 9.59 Å². The average molecular weight is 340 g/mol. The quantitative estimate of drug-likeness (QED) is 0.810. The fourth-order valence-corrected chi connectivity index (χ4v) is 1.89. The molecule has 0 fully saturated rings. The summed E-state index contributed by atoms with van der Waals surface area (Å²) < 4.78 is 0.978. The maximum atomic E-state index is 12.0. The molecule has 0 aliphatic rings. The van der Waals surface area contributed by atoms with Crippen LogP contribution in [0.1, 0.15) is 19.4 Å². The molecule has 0 saturated heterocycles. The summed E-state index contributed by atoms with van der Waals surface area (Å²) in [6.45, 7) is 4.13. The molecule has 0 heterocycles. The van der Waals surface area contributed by atoms with Gasteiger partial charge >= 0.3 is 5.97 Å². The number of carboxylic acids is 1. The molecule has 20 heavy (non-hydrogen) atoms. The first kappa shape index (κ1) is 16.4. The summed E-state index contributed by atoms with van der Waals surface area (Å²) in [7, 11) is 0. The van der Waals surface area contributed by atoms with E-state index in [4.69, 9.17) is 5.11 Å². The summed E-state index contributed by atoms with van der Waals surface area (Å²) in [5.74, 6) is -1.64. The van der Waals surface area contributed by atoms with E-state index in [0.717, 1.165) is 10.0 Å². The number of halogens is 1. The summed E-state index contributed by atoms with van der Waals surface area (Å²) in [5.41, 5.74) is 0.920. The second kappa shape index (κ2) is 7.85. The van der Waals surface area contributed by atoms with Crippen LogP contribution in [0.4, 0.5) is 0 Å². The van der Waals surface area contributed by atoms with Crippen LogP contribution in [-0.4, -0.2) is 35.0 Å². The van der Waals surface area contributed by atoms with Crippen LogP contribution in [-0.2, 0) is 9.59 Å². The number of carbonyl (C=O) groups is 2. The van der Waals surface area contributed by atoms with Gasteiger partial charge in [0.25, 0.3) is 0 Å². The number of benzene rings is 1. The Kier molecular flexibility index (Phi) is 6.45. The maximum absolute atomic E-state index is 12.0. The van der Waals surface area contributed by atoms with Crippen LogP contribution in [0.2, 0.25) is 0 Å². The zero-order valence-corrected chi connectivity index (χ0v) is 13.1. The molecule has 1 N–H and O–H groups in total. The number of amides is 1. The van der Waals surface area contributed by atoms with Gasteiger partial charge in [0.1, 0.15) is 0 Å². The predicted molar refractivity (Wildman–Crippen MR) is 82.2 cm³/mol. The Balaban J connectivity index is 2.67. The van der Waals surface area contributed by atoms with Gasteiger partial charge in [0, 0.05) is 23.6 Å². The Morgan fingerprint density at radius 3 is 2.45 bits per heavy atom. The highest BCUT2D eigenvalue weighted by atomic mass is 79.9. The highest BCUT2D eigenvalue weighted by Crippen LogP contribution is 2.11. The van der Waals surface area contributed by atoms with Crippen LogP contribution in [0.15, 0.2) is 34.8 Å². The number of likely N-dealkylation sites (N-methyl/N-ethyl adjacent to an activating group) is 1. The first-order chi connectivity index (χ1) is 9.43. The molecule has 0 bridgehead atoms. The van der Waals surface area contributed by atoms with E-state index in [1.54, 1.807) is 13.0 Å². The number of carboxylic acid groups (broad SMARTS) is 1. The van der Waals surface area contributed by atoms with Crippen molar-refractivity contribution in [1.82, 2.24) is 4.90 Å². The Labute approximate surface area is 127 Å². The zero-order chi connectivity index (χ0) is 15.1. The Hall–Kier alpha value is -1.62. The van der Waals surface area contributed by atoms with Crippen molar-refractivity contribution in [3.8, 4) is 0 Å². The average Bonchev–Trinajstić information content (AvgIpc) is 2.43. The number of aliphatic carboxylic acids is 1. The van der Waals surface area contributed by atoms with E-state index < -0.39 is 11.9 Å². The van der Waals surface area contributed by atoms with Crippen LogP contribution in [0.5, 0.6) is 0 Å². The number of carbonyl (C=O) groups excluding carboxylic acids is 1. The molecular weight excluding hydrogens is 322 g/mol. The molecule has 1 aromatic rings. The molecule has 0 spiro atoms. The molecule has 1 amide bonds. The maximum Gasteiger partial charge on any atom is 0.308 e. The van der Waals surface area contributed by atoms with Crippen LogP contribution < -0.4 is 0 Å². The highest BCUT2D eigenvalue weighted by Gasteiger charge is 2.17. The van der Waals surface area contributed by atoms with Gasteiger partial charge in [-0.15, -0.1) is 0 Å². The van der Waals surface area contributed by atoms with Crippen molar-refractivity contribution in [2.75, 3.05) is 13.1 Å². The fourth-order valence-electron chi connectivity index (χ4n) is 1.63. The number of nitrogens with zero attached hydrogens (tertiary/aromatic N) is 1. The van der Waals surface area contributed by atoms with Gasteiger partial charge < -0.3 is 10.0 Å². The number of hydrogen-bond acceptors (Lipinski definition) is 2. The topological polar surface area (TPSA) is 57.6 Å². The second-order valence-corrected chi connectivity index (χ2v) is 5.42. The Morgan fingerprint density at radius 2 is 1.95 bits per heavy atom. The van der Waals surface area contributed by atoms with E-state index in [-0.39, 0.29) is 12.5 Å². The van der Waals surface area contributed by atoms with E-state index in [1.165, 1.54) is 11.0 Å². The fraction of sp³-hybridized carbons (Fsp3) is 0.333. The van der Waals surface area contributed by atoms with E-state index in [9.17, 15) is 9.59 Å². The van der Waals surface area contributed by atoms with E-state index in [1.807, 2.05) is 31.2 Å². The third-order valence-corrected chi connectivity index (χ3v) is 3.43. The summed E-state index contributed by atoms with van der Waals surface area (Å²) in [6.07, 6.45) is 3.20. The van der Waals surface area contributed by atoms with Crippen molar-refractivity contribution >= 4 is 33.9 Å². The van der Waals surface area contributed by atoms with Crippen molar-refractivity contribution in [3.05, 3.63) is 40.4 Å². The summed E-state index contributed by atoms with van der Waals surface area (Å²) in [4.78, 5) is 24.4. The lowest BCUT2D eigenvalue weighted by Crippen LogP contribution is -2.35. The van der Waals surface area contributed by atoms with Crippen molar-refractivity contribution in [2.24, 2.45) is 5.92 Å². The number of hydrogen-bond donors (Lipinski definition) is 1. The molecule has 1 aromatic carbocycles. The van der Waals surface area contributed by atoms with Crippen LogP contribution in [0, 0.1) is 5.92 Å². The second-order valence-electron chi connectivity index (χ2n) is 4.50. The molecule has 0 aromatic heterocycles. The molecule has 1 rings (SSSR count). The summed E-state index contributed by atoms with van der Waals surface area (Å²) in [6, 6.07) is 7.58. The van der Waals surface area contributed by atoms with E-state index in [0.29, 0.717) is 6.54 Å². The van der Waals surface area contributed by atoms with Gasteiger partial charge in [-0.2, -0.15) is 0 Å². The minimum atomic E-state index is -0.895. The normalized spacial score (nSPS) is 12.3. The molecule has 0 radical (unpaired) electrons. The smallest absolute Gasteiger partial charge is 0.308 e. The van der Waals surface area contributed by atoms with Crippen molar-refractivity contribution < 1.29 is 14.7 Å². The SMILES string of the molecule is CCN(CC(C)C(=O)O)C(=O)C=Cc1ccc(Br)cc1. The lowest BCUT2D eigenvalue weighted by Gasteiger charge is -2.21. The molecule has 0 saturated carbocycles. The monoisotopic (exact) mass is 339 g/mol. The first-order valence-corrected chi connectivity index (χ1v) is 7.18.